The summed E-state index contributed by atoms with van der Waals surface area (Å²) in [6.45, 7) is 0. The Morgan fingerprint density at radius 3 is 2.79 bits per heavy atom. The molecule has 2 nitrogen and oxygen atoms in total. The molecule has 1 aliphatic heterocycles. The van der Waals surface area contributed by atoms with Gasteiger partial charge in [-0.1, -0.05) is 38.2 Å². The molecule has 3 heteroatoms. The highest BCUT2D eigenvalue weighted by molar-refractivity contribution is 5.38. The fraction of sp³-hybridized carbons (Fsp3) is 0.625. The van der Waals surface area contributed by atoms with E-state index in [1.165, 1.54) is 44.2 Å². The number of hydrogen-bond donors (Lipinski definition) is 1. The Morgan fingerprint density at radius 2 is 2.00 bits per heavy atom. The molecule has 0 radical (unpaired) electrons. The maximum absolute atomic E-state index is 13.3. The summed E-state index contributed by atoms with van der Waals surface area (Å²) >= 11 is 0. The minimum atomic E-state index is -0.246. The normalized spacial score (nSPS) is 27.7. The predicted molar refractivity (Wildman–Crippen MR) is 73.6 cm³/mol. The lowest BCUT2D eigenvalue weighted by Gasteiger charge is -2.33. The number of nitrogens with two attached hydrogens (primary N) is 1. The van der Waals surface area contributed by atoms with Crippen LogP contribution in [0.25, 0.3) is 0 Å². The maximum atomic E-state index is 13.3. The van der Waals surface area contributed by atoms with Gasteiger partial charge in [0.15, 0.2) is 0 Å². The van der Waals surface area contributed by atoms with Gasteiger partial charge in [0.1, 0.15) is 17.7 Å². The van der Waals surface area contributed by atoms with Crippen molar-refractivity contribution in [3.8, 4) is 5.75 Å². The van der Waals surface area contributed by atoms with Crippen molar-refractivity contribution in [3.63, 3.8) is 0 Å². The number of benzene rings is 1. The van der Waals surface area contributed by atoms with Crippen molar-refractivity contribution in [2.24, 2.45) is 11.7 Å². The zero-order valence-electron chi connectivity index (χ0n) is 11.3. The van der Waals surface area contributed by atoms with Crippen molar-refractivity contribution in [1.29, 1.82) is 0 Å². The lowest BCUT2D eigenvalue weighted by Crippen LogP contribution is -2.31. The Balaban J connectivity index is 1.69. The van der Waals surface area contributed by atoms with Crippen LogP contribution in [0.1, 0.15) is 56.6 Å². The van der Waals surface area contributed by atoms with E-state index in [4.69, 9.17) is 10.5 Å². The van der Waals surface area contributed by atoms with Crippen molar-refractivity contribution < 1.29 is 9.13 Å². The van der Waals surface area contributed by atoms with Crippen LogP contribution < -0.4 is 10.5 Å². The molecule has 0 spiro atoms. The molecule has 19 heavy (non-hydrogen) atoms. The molecule has 2 atom stereocenters. The van der Waals surface area contributed by atoms with Gasteiger partial charge in [0.05, 0.1) is 0 Å². The smallest absolute Gasteiger partial charge is 0.127 e. The Labute approximate surface area is 114 Å². The van der Waals surface area contributed by atoms with E-state index >= 15 is 0 Å². The summed E-state index contributed by atoms with van der Waals surface area (Å²) in [5, 5.41) is 0. The van der Waals surface area contributed by atoms with Gasteiger partial charge in [0.2, 0.25) is 0 Å². The first-order valence-corrected chi connectivity index (χ1v) is 7.44. The topological polar surface area (TPSA) is 35.2 Å². The summed E-state index contributed by atoms with van der Waals surface area (Å²) in [7, 11) is 0. The number of fused-ring (bicyclic) bond motifs is 1. The molecule has 1 heterocycles. The van der Waals surface area contributed by atoms with Gasteiger partial charge in [-0.15, -0.1) is 0 Å². The van der Waals surface area contributed by atoms with Gasteiger partial charge in [-0.05, 0) is 18.4 Å². The highest BCUT2D eigenvalue weighted by Gasteiger charge is 2.28. The SMILES string of the molecule is NC1CC(CC2CCCCC2)Oc2cc(F)ccc21. The van der Waals surface area contributed by atoms with Crippen molar-refractivity contribution in [2.45, 2.75) is 57.1 Å². The van der Waals surface area contributed by atoms with Crippen LogP contribution in [0, 0.1) is 11.7 Å². The van der Waals surface area contributed by atoms with Gasteiger partial charge in [-0.3, -0.25) is 0 Å². The van der Waals surface area contributed by atoms with E-state index in [1.54, 1.807) is 6.07 Å². The number of hydrogen-bond acceptors (Lipinski definition) is 2. The lowest BCUT2D eigenvalue weighted by molar-refractivity contribution is 0.119. The van der Waals surface area contributed by atoms with Gasteiger partial charge >= 0.3 is 0 Å². The molecular formula is C16H22FNO. The summed E-state index contributed by atoms with van der Waals surface area (Å²) in [4.78, 5) is 0. The summed E-state index contributed by atoms with van der Waals surface area (Å²) in [6.07, 6.45) is 8.76. The van der Waals surface area contributed by atoms with E-state index < -0.39 is 0 Å². The van der Waals surface area contributed by atoms with E-state index in [0.29, 0.717) is 5.75 Å². The van der Waals surface area contributed by atoms with Gasteiger partial charge in [0.25, 0.3) is 0 Å². The average Bonchev–Trinajstić information content (AvgIpc) is 2.39. The molecule has 1 aromatic rings. The molecule has 0 aromatic heterocycles. The molecule has 1 saturated carbocycles. The number of halogens is 1. The van der Waals surface area contributed by atoms with Crippen LogP contribution in [0.15, 0.2) is 18.2 Å². The molecular weight excluding hydrogens is 241 g/mol. The highest BCUT2D eigenvalue weighted by atomic mass is 19.1. The minimum absolute atomic E-state index is 0.0158. The fourth-order valence-corrected chi connectivity index (χ4v) is 3.49. The molecule has 1 aliphatic carbocycles. The Morgan fingerprint density at radius 1 is 1.21 bits per heavy atom. The van der Waals surface area contributed by atoms with Gasteiger partial charge in [0, 0.05) is 24.1 Å². The minimum Gasteiger partial charge on any atom is -0.490 e. The molecule has 3 rings (SSSR count). The summed E-state index contributed by atoms with van der Waals surface area (Å²) in [5.74, 6) is 1.17. The predicted octanol–water partition coefficient (Wildman–Crippen LogP) is 3.95. The van der Waals surface area contributed by atoms with Crippen molar-refractivity contribution in [1.82, 2.24) is 0 Å². The largest absolute Gasteiger partial charge is 0.490 e. The first-order chi connectivity index (χ1) is 9.22. The lowest BCUT2D eigenvalue weighted by atomic mass is 9.83. The van der Waals surface area contributed by atoms with E-state index in [9.17, 15) is 4.39 Å². The van der Waals surface area contributed by atoms with Crippen LogP contribution in [0.3, 0.4) is 0 Å². The number of ether oxygens (including phenoxy) is 1. The second-order valence-electron chi connectivity index (χ2n) is 6.00. The van der Waals surface area contributed by atoms with Gasteiger partial charge in [-0.25, -0.2) is 4.39 Å². The molecule has 104 valence electrons. The second-order valence-corrected chi connectivity index (χ2v) is 6.00. The Bertz CT molecular complexity index is 442. The van der Waals surface area contributed by atoms with E-state index in [0.717, 1.165) is 24.3 Å². The zero-order chi connectivity index (χ0) is 13.2. The molecule has 1 aromatic carbocycles. The van der Waals surface area contributed by atoms with Crippen molar-refractivity contribution >= 4 is 0 Å². The third-order valence-corrected chi connectivity index (χ3v) is 4.51. The van der Waals surface area contributed by atoms with Gasteiger partial charge < -0.3 is 10.5 Å². The molecule has 2 unspecified atom stereocenters. The van der Waals surface area contributed by atoms with Crippen LogP contribution in [0.2, 0.25) is 0 Å². The molecule has 2 aliphatic rings. The Kier molecular flexibility index (Phi) is 3.74. The monoisotopic (exact) mass is 263 g/mol. The fourth-order valence-electron chi connectivity index (χ4n) is 3.49. The van der Waals surface area contributed by atoms with E-state index in [1.807, 2.05) is 0 Å². The molecule has 0 bridgehead atoms. The van der Waals surface area contributed by atoms with Crippen LogP contribution in [0.4, 0.5) is 4.39 Å². The molecule has 1 fully saturated rings. The molecule has 0 amide bonds. The van der Waals surface area contributed by atoms with Crippen molar-refractivity contribution in [3.05, 3.63) is 29.6 Å². The summed E-state index contributed by atoms with van der Waals surface area (Å²) in [5.41, 5.74) is 7.14. The average molecular weight is 263 g/mol. The molecule has 0 saturated heterocycles. The summed E-state index contributed by atoms with van der Waals surface area (Å²) in [6, 6.07) is 4.68. The van der Waals surface area contributed by atoms with Crippen molar-refractivity contribution in [2.75, 3.05) is 0 Å². The second kappa shape index (κ2) is 5.49. The summed E-state index contributed by atoms with van der Waals surface area (Å²) < 4.78 is 19.3. The third kappa shape index (κ3) is 2.92. The highest BCUT2D eigenvalue weighted by Crippen LogP contribution is 2.37. The van der Waals surface area contributed by atoms with Crippen LogP contribution in [-0.2, 0) is 0 Å². The Hall–Kier alpha value is -1.09. The first-order valence-electron chi connectivity index (χ1n) is 7.44. The first kappa shape index (κ1) is 12.9. The quantitative estimate of drug-likeness (QED) is 0.877. The van der Waals surface area contributed by atoms with Crippen LogP contribution >= 0.6 is 0 Å². The maximum Gasteiger partial charge on any atom is 0.127 e. The number of rotatable bonds is 2. The van der Waals surface area contributed by atoms with E-state index in [-0.39, 0.29) is 18.0 Å². The van der Waals surface area contributed by atoms with Gasteiger partial charge in [-0.2, -0.15) is 0 Å². The zero-order valence-corrected chi connectivity index (χ0v) is 11.3. The van der Waals surface area contributed by atoms with Crippen LogP contribution in [0.5, 0.6) is 5.75 Å². The standard InChI is InChI=1S/C16H22FNO/c17-12-6-7-14-15(18)10-13(19-16(14)9-12)8-11-4-2-1-3-5-11/h6-7,9,11,13,15H,1-5,8,10,18H2. The van der Waals surface area contributed by atoms with E-state index in [2.05, 4.69) is 0 Å². The molecule has 2 N–H and O–H groups in total. The van der Waals surface area contributed by atoms with Crippen LogP contribution in [-0.4, -0.2) is 6.10 Å². The third-order valence-electron chi connectivity index (χ3n) is 4.51.